The highest BCUT2D eigenvalue weighted by atomic mass is 19.1. The molecule has 22 heavy (non-hydrogen) atoms. The van der Waals surface area contributed by atoms with Crippen molar-refractivity contribution in [2.75, 3.05) is 7.11 Å². The molecular formula is C19H26FNO. The Balaban J connectivity index is 5.20. The Morgan fingerprint density at radius 1 is 1.18 bits per heavy atom. The molecule has 3 heteroatoms. The molecule has 0 radical (unpaired) electrons. The second-order valence-electron chi connectivity index (χ2n) is 4.58. The molecule has 0 saturated heterocycles. The average Bonchev–Trinajstić information content (AvgIpc) is 2.52. The summed E-state index contributed by atoms with van der Waals surface area (Å²) in [4.78, 5) is 4.17. The van der Waals surface area contributed by atoms with Gasteiger partial charge in [0, 0.05) is 12.0 Å². The Hall–Kier alpha value is -2.16. The Morgan fingerprint density at radius 2 is 1.82 bits per heavy atom. The van der Waals surface area contributed by atoms with Crippen LogP contribution >= 0.6 is 0 Å². The molecule has 0 aliphatic carbocycles. The van der Waals surface area contributed by atoms with Crippen molar-refractivity contribution in [3.8, 4) is 0 Å². The number of ether oxygens (including phenoxy) is 1. The van der Waals surface area contributed by atoms with Crippen molar-refractivity contribution in [2.45, 2.75) is 33.6 Å². The number of methoxy groups -OCH3 is 1. The normalized spacial score (nSPS) is 13.4. The molecule has 0 aliphatic rings. The number of halogens is 1. The maximum absolute atomic E-state index is 14.3. The highest BCUT2D eigenvalue weighted by Gasteiger charge is 2.08. The zero-order valence-electron chi connectivity index (χ0n) is 14.1. The molecule has 0 rings (SSSR count). The summed E-state index contributed by atoms with van der Waals surface area (Å²) in [6.07, 6.45) is 8.23. The maximum Gasteiger partial charge on any atom is 0.187 e. The first kappa shape index (κ1) is 19.8. The molecule has 0 saturated carbocycles. The van der Waals surface area contributed by atoms with Crippen molar-refractivity contribution < 1.29 is 9.13 Å². The van der Waals surface area contributed by atoms with Crippen LogP contribution in [0.15, 0.2) is 77.3 Å². The quantitative estimate of drug-likeness (QED) is 0.314. The summed E-state index contributed by atoms with van der Waals surface area (Å²) < 4.78 is 19.4. The molecule has 0 aromatic carbocycles. The minimum Gasteiger partial charge on any atom is -0.484 e. The Labute approximate surface area is 133 Å². The standard InChI is InChI=1S/C19H26FNO/c1-8-11-12-17(9-2)15(5)18(20)13-14(4)16(6)21-19(10-3)22-7/h8,11-13H,4-6,9-10H2,1-3,7H3/b11-8?,17-12+,18-13+,21-19?. The van der Waals surface area contributed by atoms with Crippen LogP contribution in [0.2, 0.25) is 0 Å². The number of allylic oxidation sites excluding steroid dienone is 7. The lowest BCUT2D eigenvalue weighted by molar-refractivity contribution is 0.392. The molecule has 0 bridgehead atoms. The van der Waals surface area contributed by atoms with E-state index < -0.39 is 5.83 Å². The van der Waals surface area contributed by atoms with Gasteiger partial charge in [-0.25, -0.2) is 9.38 Å². The fraction of sp³-hybridized carbons (Fsp3) is 0.316. The van der Waals surface area contributed by atoms with E-state index in [0.29, 0.717) is 35.6 Å². The van der Waals surface area contributed by atoms with Crippen LogP contribution in [0.4, 0.5) is 4.39 Å². The fourth-order valence-corrected chi connectivity index (χ4v) is 1.61. The minimum absolute atomic E-state index is 0.348. The van der Waals surface area contributed by atoms with Gasteiger partial charge in [0.25, 0.3) is 0 Å². The van der Waals surface area contributed by atoms with Crippen molar-refractivity contribution >= 4 is 5.90 Å². The van der Waals surface area contributed by atoms with Crippen LogP contribution in [-0.2, 0) is 4.74 Å². The molecule has 0 aromatic rings. The van der Waals surface area contributed by atoms with Crippen LogP contribution < -0.4 is 0 Å². The largest absolute Gasteiger partial charge is 0.484 e. The molecule has 2 nitrogen and oxygen atoms in total. The van der Waals surface area contributed by atoms with Crippen LogP contribution in [0.1, 0.15) is 33.6 Å². The molecule has 0 N–H and O–H groups in total. The molecule has 0 amide bonds. The molecule has 0 aromatic heterocycles. The SMILES string of the molecule is C=C(/C=C(/F)C(=C)/C(=C/C=CC)CC)C(=C)N=C(CC)OC. The summed E-state index contributed by atoms with van der Waals surface area (Å²) in [5.41, 5.74) is 1.95. The fourth-order valence-electron chi connectivity index (χ4n) is 1.61. The van der Waals surface area contributed by atoms with Gasteiger partial charge in [0.05, 0.1) is 12.8 Å². The van der Waals surface area contributed by atoms with E-state index in [1.807, 2.05) is 39.0 Å². The summed E-state index contributed by atoms with van der Waals surface area (Å²) >= 11 is 0. The maximum atomic E-state index is 14.3. The van der Waals surface area contributed by atoms with Crippen molar-refractivity contribution in [1.82, 2.24) is 0 Å². The van der Waals surface area contributed by atoms with Gasteiger partial charge in [-0.2, -0.15) is 0 Å². The van der Waals surface area contributed by atoms with Crippen LogP contribution in [0.5, 0.6) is 0 Å². The Bertz CT molecular complexity index is 542. The van der Waals surface area contributed by atoms with Gasteiger partial charge in [-0.1, -0.05) is 51.8 Å². The predicted molar refractivity (Wildman–Crippen MR) is 94.5 cm³/mol. The molecule has 0 spiro atoms. The lowest BCUT2D eigenvalue weighted by Crippen LogP contribution is -1.99. The van der Waals surface area contributed by atoms with Gasteiger partial charge in [-0.15, -0.1) is 0 Å². The second kappa shape index (κ2) is 10.6. The Kier molecular flexibility index (Phi) is 9.51. The summed E-state index contributed by atoms with van der Waals surface area (Å²) in [5.74, 6) is 0.0930. The van der Waals surface area contributed by atoms with Gasteiger partial charge < -0.3 is 4.74 Å². The minimum atomic E-state index is -0.436. The molecule has 120 valence electrons. The van der Waals surface area contributed by atoms with E-state index in [4.69, 9.17) is 4.74 Å². The van der Waals surface area contributed by atoms with Crippen LogP contribution in [0.25, 0.3) is 0 Å². The third-order valence-corrected chi connectivity index (χ3v) is 3.02. The first-order chi connectivity index (χ1) is 10.4. The van der Waals surface area contributed by atoms with E-state index in [9.17, 15) is 4.39 Å². The van der Waals surface area contributed by atoms with E-state index >= 15 is 0 Å². The van der Waals surface area contributed by atoms with E-state index in [0.717, 1.165) is 5.57 Å². The first-order valence-electron chi connectivity index (χ1n) is 7.29. The molecule has 0 fully saturated rings. The summed E-state index contributed by atoms with van der Waals surface area (Å²) in [6.45, 7) is 17.2. The van der Waals surface area contributed by atoms with Gasteiger partial charge in [-0.05, 0) is 30.6 Å². The smallest absolute Gasteiger partial charge is 0.187 e. The molecular weight excluding hydrogens is 277 g/mol. The average molecular weight is 303 g/mol. The van der Waals surface area contributed by atoms with E-state index in [1.54, 1.807) is 0 Å². The van der Waals surface area contributed by atoms with Crippen molar-refractivity contribution in [1.29, 1.82) is 0 Å². The zero-order chi connectivity index (χ0) is 17.1. The number of rotatable bonds is 8. The molecule has 0 unspecified atom stereocenters. The van der Waals surface area contributed by atoms with Crippen molar-refractivity contribution in [3.05, 3.63) is 72.3 Å². The van der Waals surface area contributed by atoms with Gasteiger partial charge >= 0.3 is 0 Å². The summed E-state index contributed by atoms with van der Waals surface area (Å²) in [5, 5.41) is 0. The highest BCUT2D eigenvalue weighted by molar-refractivity contribution is 5.77. The first-order valence-corrected chi connectivity index (χ1v) is 7.29. The van der Waals surface area contributed by atoms with Gasteiger partial charge in [-0.3, -0.25) is 0 Å². The molecule has 0 aliphatic heterocycles. The van der Waals surface area contributed by atoms with E-state index in [1.165, 1.54) is 13.2 Å². The van der Waals surface area contributed by atoms with Gasteiger partial charge in [0.15, 0.2) is 5.90 Å². The Morgan fingerprint density at radius 3 is 2.27 bits per heavy atom. The predicted octanol–water partition coefficient (Wildman–Crippen LogP) is 5.83. The number of nitrogens with zero attached hydrogens (tertiary/aromatic N) is 1. The van der Waals surface area contributed by atoms with Gasteiger partial charge in [0.1, 0.15) is 5.83 Å². The third-order valence-electron chi connectivity index (χ3n) is 3.02. The van der Waals surface area contributed by atoms with Crippen LogP contribution in [0, 0.1) is 0 Å². The number of aliphatic imine (C=N–C) groups is 1. The highest BCUT2D eigenvalue weighted by Crippen LogP contribution is 2.24. The van der Waals surface area contributed by atoms with Crippen molar-refractivity contribution in [2.24, 2.45) is 4.99 Å². The zero-order valence-corrected chi connectivity index (χ0v) is 14.1. The number of hydrogen-bond acceptors (Lipinski definition) is 2. The number of hydrogen-bond donors (Lipinski definition) is 0. The van der Waals surface area contributed by atoms with Crippen LogP contribution in [-0.4, -0.2) is 13.0 Å². The summed E-state index contributed by atoms with van der Waals surface area (Å²) in [7, 11) is 1.54. The third kappa shape index (κ3) is 6.53. The lowest BCUT2D eigenvalue weighted by atomic mass is 10.0. The van der Waals surface area contributed by atoms with E-state index in [-0.39, 0.29) is 0 Å². The lowest BCUT2D eigenvalue weighted by Gasteiger charge is -2.08. The molecule has 0 atom stereocenters. The van der Waals surface area contributed by atoms with Crippen molar-refractivity contribution in [3.63, 3.8) is 0 Å². The second-order valence-corrected chi connectivity index (χ2v) is 4.58. The molecule has 0 heterocycles. The van der Waals surface area contributed by atoms with Crippen LogP contribution in [0.3, 0.4) is 0 Å². The topological polar surface area (TPSA) is 21.6 Å². The monoisotopic (exact) mass is 303 g/mol. The van der Waals surface area contributed by atoms with Gasteiger partial charge in [0.2, 0.25) is 0 Å². The van der Waals surface area contributed by atoms with E-state index in [2.05, 4.69) is 24.7 Å². The summed E-state index contributed by atoms with van der Waals surface area (Å²) in [6, 6.07) is 0.